The summed E-state index contributed by atoms with van der Waals surface area (Å²) in [7, 11) is 0. The lowest BCUT2D eigenvalue weighted by Gasteiger charge is -2.58. The first-order valence-corrected chi connectivity index (χ1v) is 12.8. The summed E-state index contributed by atoms with van der Waals surface area (Å²) in [5.41, 5.74) is 1.69. The maximum Gasteiger partial charge on any atom is 0.184 e. The SMILES string of the molecule is CC(C)CCCC(C)[C@H]1CCC2C3C/C(=N\O)C4=CC(=O)[C@H](O)C[C@]4(C)C3CC[C@@]21C. The molecule has 0 bridgehead atoms. The van der Waals surface area contributed by atoms with Crippen molar-refractivity contribution in [3.05, 3.63) is 11.6 Å². The molecule has 4 nitrogen and oxygen atoms in total. The second-order valence-corrected chi connectivity index (χ2v) is 12.3. The van der Waals surface area contributed by atoms with Crippen LogP contribution >= 0.6 is 0 Å². The average Bonchev–Trinajstić information content (AvgIpc) is 3.06. The van der Waals surface area contributed by atoms with Gasteiger partial charge in [-0.1, -0.05) is 59.0 Å². The van der Waals surface area contributed by atoms with E-state index in [1.165, 1.54) is 38.5 Å². The highest BCUT2D eigenvalue weighted by Gasteiger charge is 2.61. The van der Waals surface area contributed by atoms with E-state index in [2.05, 4.69) is 39.8 Å². The third kappa shape index (κ3) is 3.71. The zero-order chi connectivity index (χ0) is 22.6. The Bertz CT molecular complexity index is 770. The fourth-order valence-electron chi connectivity index (χ4n) is 8.60. The molecule has 8 atom stereocenters. The lowest BCUT2D eigenvalue weighted by atomic mass is 9.46. The van der Waals surface area contributed by atoms with Crippen LogP contribution in [-0.4, -0.2) is 27.9 Å². The number of oxime groups is 1. The number of ketones is 1. The molecule has 4 aliphatic rings. The summed E-state index contributed by atoms with van der Waals surface area (Å²) >= 11 is 0. The van der Waals surface area contributed by atoms with Crippen LogP contribution in [-0.2, 0) is 4.79 Å². The third-order valence-electron chi connectivity index (χ3n) is 10.2. The number of carbonyl (C=O) groups is 1. The molecule has 174 valence electrons. The average molecular weight is 430 g/mol. The maximum absolute atomic E-state index is 12.2. The van der Waals surface area contributed by atoms with Crippen molar-refractivity contribution in [2.24, 2.45) is 51.5 Å². The molecule has 0 spiro atoms. The number of aliphatic hydroxyl groups is 1. The van der Waals surface area contributed by atoms with Crippen LogP contribution in [0.15, 0.2) is 16.8 Å². The molecule has 0 aromatic heterocycles. The molecular formula is C27H43NO3. The molecule has 0 radical (unpaired) electrons. The zero-order valence-corrected chi connectivity index (χ0v) is 20.2. The van der Waals surface area contributed by atoms with Gasteiger partial charge in [0.05, 0.1) is 5.71 Å². The van der Waals surface area contributed by atoms with E-state index in [1.54, 1.807) is 6.08 Å². The number of hydrogen-bond acceptors (Lipinski definition) is 4. The Labute approximate surface area is 188 Å². The maximum atomic E-state index is 12.2. The van der Waals surface area contributed by atoms with Gasteiger partial charge in [0.25, 0.3) is 0 Å². The first-order valence-electron chi connectivity index (χ1n) is 12.8. The minimum Gasteiger partial charge on any atom is -0.411 e. The highest BCUT2D eigenvalue weighted by atomic mass is 16.4. The van der Waals surface area contributed by atoms with Gasteiger partial charge in [-0.15, -0.1) is 0 Å². The molecule has 0 aromatic carbocycles. The molecule has 0 amide bonds. The van der Waals surface area contributed by atoms with Gasteiger partial charge in [-0.2, -0.15) is 0 Å². The van der Waals surface area contributed by atoms with Gasteiger partial charge in [0.15, 0.2) is 5.78 Å². The minimum absolute atomic E-state index is 0.233. The summed E-state index contributed by atoms with van der Waals surface area (Å²) in [5.74, 6) is 3.69. The molecular weight excluding hydrogens is 386 g/mol. The molecule has 4 unspecified atom stereocenters. The molecule has 2 N–H and O–H groups in total. The van der Waals surface area contributed by atoms with Gasteiger partial charge in [0.2, 0.25) is 0 Å². The number of nitrogens with zero attached hydrogens (tertiary/aromatic N) is 1. The monoisotopic (exact) mass is 429 g/mol. The highest BCUT2D eigenvalue weighted by Crippen LogP contribution is 2.67. The van der Waals surface area contributed by atoms with E-state index in [-0.39, 0.29) is 11.2 Å². The van der Waals surface area contributed by atoms with E-state index in [0.717, 1.165) is 36.2 Å². The van der Waals surface area contributed by atoms with Crippen LogP contribution in [0, 0.1) is 46.3 Å². The smallest absolute Gasteiger partial charge is 0.184 e. The van der Waals surface area contributed by atoms with Crippen LogP contribution in [0.3, 0.4) is 0 Å². The lowest BCUT2D eigenvalue weighted by Crippen LogP contribution is -2.54. The molecule has 4 rings (SSSR count). The summed E-state index contributed by atoms with van der Waals surface area (Å²) in [4.78, 5) is 12.2. The molecule has 0 saturated heterocycles. The Morgan fingerprint density at radius 3 is 2.55 bits per heavy atom. The van der Waals surface area contributed by atoms with Crippen LogP contribution < -0.4 is 0 Å². The van der Waals surface area contributed by atoms with Crippen LogP contribution in [0.2, 0.25) is 0 Å². The molecule has 0 heterocycles. The van der Waals surface area contributed by atoms with Gasteiger partial charge in [-0.3, -0.25) is 4.79 Å². The highest BCUT2D eigenvalue weighted by molar-refractivity contribution is 6.09. The van der Waals surface area contributed by atoms with E-state index in [0.29, 0.717) is 35.3 Å². The molecule has 0 aromatic rings. The van der Waals surface area contributed by atoms with Crippen molar-refractivity contribution >= 4 is 11.5 Å². The zero-order valence-electron chi connectivity index (χ0n) is 20.2. The van der Waals surface area contributed by atoms with Crippen molar-refractivity contribution < 1.29 is 15.1 Å². The molecule has 0 aliphatic heterocycles. The Morgan fingerprint density at radius 1 is 1.13 bits per heavy atom. The summed E-state index contributed by atoms with van der Waals surface area (Å²) in [6, 6.07) is 0. The van der Waals surface area contributed by atoms with Crippen molar-refractivity contribution in [2.75, 3.05) is 0 Å². The number of rotatable bonds is 5. The van der Waals surface area contributed by atoms with Gasteiger partial charge in [-0.05, 0) is 91.1 Å². The van der Waals surface area contributed by atoms with Gasteiger partial charge in [0.1, 0.15) is 6.10 Å². The topological polar surface area (TPSA) is 69.9 Å². The molecule has 4 heteroatoms. The minimum atomic E-state index is -0.918. The second kappa shape index (κ2) is 8.32. The first kappa shape index (κ1) is 23.0. The van der Waals surface area contributed by atoms with Crippen molar-refractivity contribution in [3.63, 3.8) is 0 Å². The summed E-state index contributed by atoms with van der Waals surface area (Å²) in [6.45, 7) is 11.9. The lowest BCUT2D eigenvalue weighted by molar-refractivity contribution is -0.127. The van der Waals surface area contributed by atoms with Crippen molar-refractivity contribution in [1.82, 2.24) is 0 Å². The Kier molecular flexibility index (Phi) is 6.17. The van der Waals surface area contributed by atoms with Gasteiger partial charge in [-0.25, -0.2) is 0 Å². The van der Waals surface area contributed by atoms with Gasteiger partial charge >= 0.3 is 0 Å². The molecule has 3 fully saturated rings. The molecule has 3 saturated carbocycles. The van der Waals surface area contributed by atoms with Crippen LogP contribution in [0.25, 0.3) is 0 Å². The van der Waals surface area contributed by atoms with E-state index >= 15 is 0 Å². The summed E-state index contributed by atoms with van der Waals surface area (Å²) in [5, 5.41) is 23.9. The van der Waals surface area contributed by atoms with Crippen molar-refractivity contribution in [1.29, 1.82) is 0 Å². The number of hydrogen-bond donors (Lipinski definition) is 2. The Morgan fingerprint density at radius 2 is 1.87 bits per heavy atom. The molecule has 31 heavy (non-hydrogen) atoms. The standard InChI is InChI=1S/C27H43NO3/c1-16(2)7-6-8-17(3)19-9-10-20-18-13-23(28-31)22-14-24(29)25(30)15-27(22,5)21(18)11-12-26(19,20)4/h14,16-21,25,30-31H,6-13,15H2,1-5H3/b28-23+/t17?,18?,19-,20?,21?,25-,26-,27-/m1/s1. The van der Waals surface area contributed by atoms with Crippen LogP contribution in [0.1, 0.15) is 92.4 Å². The van der Waals surface area contributed by atoms with E-state index in [4.69, 9.17) is 0 Å². The summed E-state index contributed by atoms with van der Waals surface area (Å²) < 4.78 is 0. The fraction of sp³-hybridized carbons (Fsp3) is 0.852. The first-order chi connectivity index (χ1) is 14.6. The van der Waals surface area contributed by atoms with E-state index < -0.39 is 6.10 Å². The fourth-order valence-corrected chi connectivity index (χ4v) is 8.60. The third-order valence-corrected chi connectivity index (χ3v) is 10.2. The largest absolute Gasteiger partial charge is 0.411 e. The predicted octanol–water partition coefficient (Wildman–Crippen LogP) is 6.01. The Balaban J connectivity index is 1.58. The van der Waals surface area contributed by atoms with Crippen molar-refractivity contribution in [3.8, 4) is 0 Å². The normalized spacial score (nSPS) is 44.6. The van der Waals surface area contributed by atoms with Gasteiger partial charge < -0.3 is 10.3 Å². The quantitative estimate of drug-likeness (QED) is 0.415. The summed E-state index contributed by atoms with van der Waals surface area (Å²) in [6.07, 6.45) is 10.9. The Hall–Kier alpha value is -1.16. The van der Waals surface area contributed by atoms with Crippen molar-refractivity contribution in [2.45, 2.75) is 98.5 Å². The van der Waals surface area contributed by atoms with E-state index in [1.807, 2.05) is 0 Å². The van der Waals surface area contributed by atoms with Crippen LogP contribution in [0.5, 0.6) is 0 Å². The van der Waals surface area contributed by atoms with Crippen LogP contribution in [0.4, 0.5) is 0 Å². The number of aliphatic hydroxyl groups excluding tert-OH is 1. The van der Waals surface area contributed by atoms with E-state index in [9.17, 15) is 15.1 Å². The predicted molar refractivity (Wildman–Crippen MR) is 124 cm³/mol. The second-order valence-electron chi connectivity index (χ2n) is 12.3. The number of carbonyl (C=O) groups excluding carboxylic acids is 1. The van der Waals surface area contributed by atoms with Gasteiger partial charge in [0, 0.05) is 5.41 Å². The number of allylic oxidation sites excluding steroid dienone is 1. The molecule has 4 aliphatic carbocycles. The number of fused-ring (bicyclic) bond motifs is 5.